The molecule has 0 bridgehead atoms. The minimum atomic E-state index is -0.224. The Morgan fingerprint density at radius 3 is 2.50 bits per heavy atom. The summed E-state index contributed by atoms with van der Waals surface area (Å²) in [4.78, 5) is 3.93. The molecule has 0 atom stereocenters. The van der Waals surface area contributed by atoms with Crippen molar-refractivity contribution in [3.63, 3.8) is 0 Å². The molecule has 0 aliphatic heterocycles. The minimum Gasteiger partial charge on any atom is -0.356 e. The smallest absolute Gasteiger partial charge is 0.160 e. The molecule has 0 aromatic heterocycles. The summed E-state index contributed by atoms with van der Waals surface area (Å²) >= 11 is 0. The van der Waals surface area contributed by atoms with E-state index in [1.807, 2.05) is 24.3 Å². The first-order valence-electron chi connectivity index (χ1n) is 4.42. The van der Waals surface area contributed by atoms with Crippen molar-refractivity contribution in [2.75, 3.05) is 14.2 Å². The highest BCUT2D eigenvalue weighted by Gasteiger charge is 2.08. The molecule has 0 aliphatic carbocycles. The van der Waals surface area contributed by atoms with Gasteiger partial charge in [-0.15, -0.1) is 0 Å². The van der Waals surface area contributed by atoms with Crippen LogP contribution in [0.15, 0.2) is 29.3 Å². The lowest BCUT2D eigenvalue weighted by atomic mass is 10.1. The second-order valence-electron chi connectivity index (χ2n) is 2.89. The summed E-state index contributed by atoms with van der Waals surface area (Å²) in [7, 11) is 3.25. The lowest BCUT2D eigenvalue weighted by Gasteiger charge is -2.14. The summed E-state index contributed by atoms with van der Waals surface area (Å²) in [6, 6.07) is 7.81. The zero-order chi connectivity index (χ0) is 10.4. The third-order valence-electron chi connectivity index (χ3n) is 2.07. The zero-order valence-electron chi connectivity index (χ0n) is 8.56. The molecule has 0 fully saturated rings. The van der Waals surface area contributed by atoms with Gasteiger partial charge < -0.3 is 9.47 Å². The van der Waals surface area contributed by atoms with Crippen molar-refractivity contribution < 1.29 is 9.47 Å². The van der Waals surface area contributed by atoms with Gasteiger partial charge in [-0.3, -0.25) is 4.99 Å². The highest BCUT2D eigenvalue weighted by atomic mass is 16.7. The Hall–Kier alpha value is -1.19. The number of rotatable bonds is 5. The molecular formula is C11H15NO2. The summed E-state index contributed by atoms with van der Waals surface area (Å²) < 4.78 is 10.2. The molecule has 3 heteroatoms. The van der Waals surface area contributed by atoms with E-state index in [-0.39, 0.29) is 6.29 Å². The highest BCUT2D eigenvalue weighted by Crippen LogP contribution is 2.20. The molecule has 14 heavy (non-hydrogen) atoms. The summed E-state index contributed by atoms with van der Waals surface area (Å²) in [5.74, 6) is 0. The molecule has 1 rings (SSSR count). The number of nitrogens with zero attached hydrogens (tertiary/aromatic N) is 1. The number of aliphatic imine (C=N–C) groups is 1. The van der Waals surface area contributed by atoms with E-state index < -0.39 is 0 Å². The van der Waals surface area contributed by atoms with Crippen molar-refractivity contribution in [3.8, 4) is 0 Å². The van der Waals surface area contributed by atoms with Crippen LogP contribution < -0.4 is 0 Å². The average molecular weight is 193 g/mol. The first-order valence-corrected chi connectivity index (χ1v) is 4.42. The fourth-order valence-corrected chi connectivity index (χ4v) is 1.28. The number of hydrogen-bond donors (Lipinski definition) is 0. The maximum Gasteiger partial charge on any atom is 0.160 e. The molecule has 0 saturated heterocycles. The number of ether oxygens (including phenoxy) is 2. The topological polar surface area (TPSA) is 30.8 Å². The van der Waals surface area contributed by atoms with E-state index in [0.29, 0.717) is 6.42 Å². The lowest BCUT2D eigenvalue weighted by Crippen LogP contribution is -2.16. The second kappa shape index (κ2) is 5.52. The van der Waals surface area contributed by atoms with E-state index in [2.05, 4.69) is 11.7 Å². The Labute approximate surface area is 84.4 Å². The predicted octanol–water partition coefficient (Wildman–Crippen LogP) is 2.18. The predicted molar refractivity (Wildman–Crippen MR) is 57.2 cm³/mol. The molecule has 1 aromatic carbocycles. The summed E-state index contributed by atoms with van der Waals surface area (Å²) in [6.07, 6.45) is 0.459. The minimum absolute atomic E-state index is 0.224. The number of hydrogen-bond acceptors (Lipinski definition) is 3. The van der Waals surface area contributed by atoms with Crippen LogP contribution in [0, 0.1) is 0 Å². The van der Waals surface area contributed by atoms with Gasteiger partial charge in [0.1, 0.15) is 0 Å². The highest BCUT2D eigenvalue weighted by molar-refractivity contribution is 5.51. The van der Waals surface area contributed by atoms with Crippen LogP contribution in [0.5, 0.6) is 0 Å². The molecular weight excluding hydrogens is 178 g/mol. The summed E-state index contributed by atoms with van der Waals surface area (Å²) in [5, 5.41) is 0. The van der Waals surface area contributed by atoms with Gasteiger partial charge in [0.25, 0.3) is 0 Å². The van der Waals surface area contributed by atoms with Gasteiger partial charge in [0, 0.05) is 20.6 Å². The monoisotopic (exact) mass is 193 g/mol. The van der Waals surface area contributed by atoms with Crippen LogP contribution >= 0.6 is 0 Å². The van der Waals surface area contributed by atoms with Crippen LogP contribution in [-0.4, -0.2) is 27.2 Å². The molecule has 3 nitrogen and oxygen atoms in total. The van der Waals surface area contributed by atoms with E-state index in [1.165, 1.54) is 0 Å². The molecule has 0 amide bonds. The van der Waals surface area contributed by atoms with Crippen molar-refractivity contribution >= 4 is 12.4 Å². The van der Waals surface area contributed by atoms with Crippen molar-refractivity contribution in [1.29, 1.82) is 0 Å². The third-order valence-corrected chi connectivity index (χ3v) is 2.07. The van der Waals surface area contributed by atoms with Crippen LogP contribution in [0.2, 0.25) is 0 Å². The van der Waals surface area contributed by atoms with Gasteiger partial charge in [0.2, 0.25) is 0 Å². The fraction of sp³-hybridized carbons (Fsp3) is 0.364. The standard InChI is InChI=1S/C11H15NO2/c1-12-10-7-5-4-6-9(10)8-11(13-2)14-3/h4-7,11H,1,8H2,2-3H3. The molecule has 0 saturated carbocycles. The fourth-order valence-electron chi connectivity index (χ4n) is 1.28. The number of benzene rings is 1. The van der Waals surface area contributed by atoms with Crippen LogP contribution in [-0.2, 0) is 15.9 Å². The van der Waals surface area contributed by atoms with Gasteiger partial charge in [0.05, 0.1) is 5.69 Å². The van der Waals surface area contributed by atoms with Crippen LogP contribution in [0.25, 0.3) is 0 Å². The maximum absolute atomic E-state index is 5.12. The van der Waals surface area contributed by atoms with Gasteiger partial charge in [0.15, 0.2) is 6.29 Å². The largest absolute Gasteiger partial charge is 0.356 e. The van der Waals surface area contributed by atoms with Crippen LogP contribution in [0.3, 0.4) is 0 Å². The van der Waals surface area contributed by atoms with E-state index in [0.717, 1.165) is 11.3 Å². The van der Waals surface area contributed by atoms with Gasteiger partial charge in [-0.05, 0) is 18.3 Å². The summed E-state index contributed by atoms with van der Waals surface area (Å²) in [6.45, 7) is 3.52. The van der Waals surface area contributed by atoms with E-state index in [4.69, 9.17) is 9.47 Å². The van der Waals surface area contributed by atoms with Crippen molar-refractivity contribution in [2.24, 2.45) is 4.99 Å². The number of para-hydroxylation sites is 1. The van der Waals surface area contributed by atoms with Gasteiger partial charge in [-0.2, -0.15) is 0 Å². The molecule has 1 aromatic rings. The molecule has 0 heterocycles. The zero-order valence-corrected chi connectivity index (χ0v) is 8.56. The van der Waals surface area contributed by atoms with E-state index >= 15 is 0 Å². The quantitative estimate of drug-likeness (QED) is 0.530. The Balaban J connectivity index is 2.79. The molecule has 0 radical (unpaired) electrons. The maximum atomic E-state index is 5.12. The van der Waals surface area contributed by atoms with Gasteiger partial charge in [-0.1, -0.05) is 18.2 Å². The van der Waals surface area contributed by atoms with Gasteiger partial charge >= 0.3 is 0 Å². The molecule has 0 unspecified atom stereocenters. The first kappa shape index (κ1) is 10.9. The molecule has 76 valence electrons. The third kappa shape index (κ3) is 2.65. The Morgan fingerprint density at radius 1 is 1.29 bits per heavy atom. The van der Waals surface area contributed by atoms with Crippen LogP contribution in [0.4, 0.5) is 5.69 Å². The van der Waals surface area contributed by atoms with Crippen molar-refractivity contribution in [3.05, 3.63) is 29.8 Å². The van der Waals surface area contributed by atoms with Crippen LogP contribution in [0.1, 0.15) is 5.56 Å². The SMILES string of the molecule is C=Nc1ccccc1CC(OC)OC. The first-order chi connectivity index (χ1) is 6.81. The average Bonchev–Trinajstić information content (AvgIpc) is 2.26. The Bertz CT molecular complexity index is 295. The van der Waals surface area contributed by atoms with Gasteiger partial charge in [-0.25, -0.2) is 0 Å². The molecule has 0 spiro atoms. The van der Waals surface area contributed by atoms with Crippen molar-refractivity contribution in [1.82, 2.24) is 0 Å². The van der Waals surface area contributed by atoms with Crippen molar-refractivity contribution in [2.45, 2.75) is 12.7 Å². The lowest BCUT2D eigenvalue weighted by molar-refractivity contribution is -0.100. The Kier molecular flexibility index (Phi) is 4.29. The summed E-state index contributed by atoms with van der Waals surface area (Å²) in [5.41, 5.74) is 1.96. The molecule has 0 aliphatic rings. The normalized spacial score (nSPS) is 10.5. The molecule has 0 N–H and O–H groups in total. The second-order valence-corrected chi connectivity index (χ2v) is 2.89. The van der Waals surface area contributed by atoms with E-state index in [9.17, 15) is 0 Å². The Morgan fingerprint density at radius 2 is 1.93 bits per heavy atom. The van der Waals surface area contributed by atoms with E-state index in [1.54, 1.807) is 14.2 Å². The number of methoxy groups -OCH3 is 2.